The van der Waals surface area contributed by atoms with E-state index in [2.05, 4.69) is 20.8 Å². The molecule has 84 valence electrons. The molecule has 0 bridgehead atoms. The lowest BCUT2D eigenvalue weighted by atomic mass is 9.91. The Balaban J connectivity index is 2.47. The van der Waals surface area contributed by atoms with Crippen molar-refractivity contribution in [3.8, 4) is 0 Å². The van der Waals surface area contributed by atoms with E-state index in [-0.39, 0.29) is 11.3 Å². The summed E-state index contributed by atoms with van der Waals surface area (Å²) in [6.45, 7) is 6.81. The minimum absolute atomic E-state index is 0.0434. The fourth-order valence-electron chi connectivity index (χ4n) is 1.33. The van der Waals surface area contributed by atoms with Crippen molar-refractivity contribution in [3.63, 3.8) is 0 Å². The third-order valence-corrected chi connectivity index (χ3v) is 2.11. The molecule has 0 atom stereocenters. The van der Waals surface area contributed by atoms with Gasteiger partial charge in [-0.05, 0) is 11.5 Å². The first-order valence-corrected chi connectivity index (χ1v) is 5.13. The molecule has 0 aromatic carbocycles. The summed E-state index contributed by atoms with van der Waals surface area (Å²) in [7, 11) is 1.82. The number of furan rings is 1. The van der Waals surface area contributed by atoms with E-state index in [9.17, 15) is 4.79 Å². The fraction of sp³-hybridized carbons (Fsp3) is 0.583. The molecule has 0 saturated heterocycles. The molecule has 3 nitrogen and oxygen atoms in total. The van der Waals surface area contributed by atoms with E-state index in [1.165, 1.54) is 0 Å². The van der Waals surface area contributed by atoms with Crippen molar-refractivity contribution in [1.29, 1.82) is 0 Å². The minimum atomic E-state index is 0.0434. The van der Waals surface area contributed by atoms with Crippen molar-refractivity contribution in [2.75, 3.05) is 7.05 Å². The van der Waals surface area contributed by atoms with Crippen LogP contribution in [-0.4, -0.2) is 17.9 Å². The van der Waals surface area contributed by atoms with Gasteiger partial charge in [0.15, 0.2) is 0 Å². The average molecular weight is 209 g/mol. The van der Waals surface area contributed by atoms with E-state index in [1.807, 2.05) is 13.1 Å². The Labute approximate surface area is 91.1 Å². The molecule has 0 saturated carbocycles. The van der Waals surface area contributed by atoms with Crippen LogP contribution in [0.5, 0.6) is 0 Å². The van der Waals surface area contributed by atoms with Crippen LogP contribution < -0.4 is 0 Å². The average Bonchev–Trinajstić information content (AvgIpc) is 2.53. The second-order valence-corrected chi connectivity index (χ2v) is 5.12. The number of nitrogens with zero attached hydrogens (tertiary/aromatic N) is 1. The third-order valence-electron chi connectivity index (χ3n) is 2.11. The number of carbonyl (C=O) groups is 1. The standard InChI is InChI=1S/C12H19NO2/c1-12(2,3)7-11(14)13(4)8-10-5-6-15-9-10/h5-6,9H,7-8H2,1-4H3. The smallest absolute Gasteiger partial charge is 0.223 e. The SMILES string of the molecule is CN(Cc1ccoc1)C(=O)CC(C)(C)C. The monoisotopic (exact) mass is 209 g/mol. The van der Waals surface area contributed by atoms with Gasteiger partial charge in [-0.3, -0.25) is 4.79 Å². The Bertz CT molecular complexity index is 309. The van der Waals surface area contributed by atoms with Gasteiger partial charge in [0.05, 0.1) is 12.5 Å². The van der Waals surface area contributed by atoms with Crippen molar-refractivity contribution < 1.29 is 9.21 Å². The zero-order valence-corrected chi connectivity index (χ0v) is 9.91. The van der Waals surface area contributed by atoms with Gasteiger partial charge in [-0.25, -0.2) is 0 Å². The number of amides is 1. The fourth-order valence-corrected chi connectivity index (χ4v) is 1.33. The summed E-state index contributed by atoms with van der Waals surface area (Å²) in [6.07, 6.45) is 3.86. The van der Waals surface area contributed by atoms with Gasteiger partial charge in [-0.1, -0.05) is 20.8 Å². The summed E-state index contributed by atoms with van der Waals surface area (Å²) >= 11 is 0. The van der Waals surface area contributed by atoms with Gasteiger partial charge in [0.1, 0.15) is 0 Å². The Morgan fingerprint density at radius 3 is 2.60 bits per heavy atom. The summed E-state index contributed by atoms with van der Waals surface area (Å²) < 4.78 is 4.96. The van der Waals surface area contributed by atoms with Crippen molar-refractivity contribution >= 4 is 5.91 Å². The van der Waals surface area contributed by atoms with Gasteiger partial charge in [0, 0.05) is 25.6 Å². The summed E-state index contributed by atoms with van der Waals surface area (Å²) in [5, 5.41) is 0. The molecule has 0 unspecified atom stereocenters. The van der Waals surface area contributed by atoms with E-state index < -0.39 is 0 Å². The highest BCUT2D eigenvalue weighted by atomic mass is 16.3. The van der Waals surface area contributed by atoms with Gasteiger partial charge >= 0.3 is 0 Å². The molecule has 0 radical (unpaired) electrons. The number of hydrogen-bond acceptors (Lipinski definition) is 2. The predicted molar refractivity (Wildman–Crippen MR) is 59.3 cm³/mol. The summed E-state index contributed by atoms with van der Waals surface area (Å²) in [5.74, 6) is 0.170. The molecule has 1 aromatic heterocycles. The summed E-state index contributed by atoms with van der Waals surface area (Å²) in [5.41, 5.74) is 1.07. The summed E-state index contributed by atoms with van der Waals surface area (Å²) in [6, 6.07) is 1.88. The first kappa shape index (κ1) is 11.8. The van der Waals surface area contributed by atoms with E-state index in [1.54, 1.807) is 17.4 Å². The van der Waals surface area contributed by atoms with Crippen LogP contribution in [0.1, 0.15) is 32.8 Å². The van der Waals surface area contributed by atoms with Gasteiger partial charge in [0.2, 0.25) is 5.91 Å². The highest BCUT2D eigenvalue weighted by molar-refractivity contribution is 5.76. The van der Waals surface area contributed by atoms with Crippen molar-refractivity contribution in [1.82, 2.24) is 4.90 Å². The quantitative estimate of drug-likeness (QED) is 0.766. The number of rotatable bonds is 3. The lowest BCUT2D eigenvalue weighted by Gasteiger charge is -2.22. The van der Waals surface area contributed by atoms with E-state index in [0.717, 1.165) is 5.56 Å². The molecule has 0 aliphatic heterocycles. The Kier molecular flexibility index (Phi) is 3.56. The zero-order valence-electron chi connectivity index (χ0n) is 9.91. The van der Waals surface area contributed by atoms with Crippen LogP contribution in [0.2, 0.25) is 0 Å². The van der Waals surface area contributed by atoms with Crippen molar-refractivity contribution in [3.05, 3.63) is 24.2 Å². The molecule has 0 N–H and O–H groups in total. The lowest BCUT2D eigenvalue weighted by Crippen LogP contribution is -2.29. The molecule has 1 rings (SSSR count). The Hall–Kier alpha value is -1.25. The maximum Gasteiger partial charge on any atom is 0.223 e. The van der Waals surface area contributed by atoms with Crippen LogP contribution in [-0.2, 0) is 11.3 Å². The molecule has 15 heavy (non-hydrogen) atoms. The van der Waals surface area contributed by atoms with Crippen LogP contribution in [0.3, 0.4) is 0 Å². The molecule has 0 aliphatic carbocycles. The van der Waals surface area contributed by atoms with E-state index in [4.69, 9.17) is 4.42 Å². The van der Waals surface area contributed by atoms with Crippen molar-refractivity contribution in [2.24, 2.45) is 5.41 Å². The highest BCUT2D eigenvalue weighted by Crippen LogP contribution is 2.20. The van der Waals surface area contributed by atoms with Gasteiger partial charge < -0.3 is 9.32 Å². The van der Waals surface area contributed by atoms with Gasteiger partial charge in [-0.15, -0.1) is 0 Å². The maximum absolute atomic E-state index is 11.8. The normalized spacial score (nSPS) is 11.5. The highest BCUT2D eigenvalue weighted by Gasteiger charge is 2.18. The molecule has 0 aliphatic rings. The topological polar surface area (TPSA) is 33.5 Å². The Morgan fingerprint density at radius 1 is 1.47 bits per heavy atom. The first-order chi connectivity index (χ1) is 6.88. The third kappa shape index (κ3) is 4.19. The van der Waals surface area contributed by atoms with Crippen LogP contribution >= 0.6 is 0 Å². The molecule has 1 heterocycles. The molecule has 0 fully saturated rings. The zero-order chi connectivity index (χ0) is 11.5. The largest absolute Gasteiger partial charge is 0.472 e. The van der Waals surface area contributed by atoms with Crippen LogP contribution in [0.4, 0.5) is 0 Å². The van der Waals surface area contributed by atoms with Crippen LogP contribution in [0.15, 0.2) is 23.0 Å². The van der Waals surface area contributed by atoms with E-state index in [0.29, 0.717) is 13.0 Å². The van der Waals surface area contributed by atoms with Gasteiger partial charge in [0.25, 0.3) is 0 Å². The van der Waals surface area contributed by atoms with E-state index >= 15 is 0 Å². The summed E-state index contributed by atoms with van der Waals surface area (Å²) in [4.78, 5) is 13.5. The second kappa shape index (κ2) is 4.51. The van der Waals surface area contributed by atoms with Crippen LogP contribution in [0.25, 0.3) is 0 Å². The molecular weight excluding hydrogens is 190 g/mol. The molecular formula is C12H19NO2. The molecule has 3 heteroatoms. The minimum Gasteiger partial charge on any atom is -0.472 e. The predicted octanol–water partition coefficient (Wildman–Crippen LogP) is 2.67. The number of carbonyl (C=O) groups excluding carboxylic acids is 1. The number of hydrogen-bond donors (Lipinski definition) is 0. The maximum atomic E-state index is 11.8. The second-order valence-electron chi connectivity index (χ2n) is 5.12. The lowest BCUT2D eigenvalue weighted by molar-refractivity contribution is -0.132. The Morgan fingerprint density at radius 2 is 2.13 bits per heavy atom. The molecule has 0 spiro atoms. The van der Waals surface area contributed by atoms with Gasteiger partial charge in [-0.2, -0.15) is 0 Å². The van der Waals surface area contributed by atoms with Crippen LogP contribution in [0, 0.1) is 5.41 Å². The molecule has 1 aromatic rings. The van der Waals surface area contributed by atoms with Crippen molar-refractivity contribution in [2.45, 2.75) is 33.7 Å². The molecule has 1 amide bonds. The first-order valence-electron chi connectivity index (χ1n) is 5.13.